The zero-order valence-corrected chi connectivity index (χ0v) is 27.4. The summed E-state index contributed by atoms with van der Waals surface area (Å²) in [6.07, 6.45) is 3.66. The van der Waals surface area contributed by atoms with Gasteiger partial charge in [0.05, 0.1) is 19.0 Å². The lowest BCUT2D eigenvalue weighted by Crippen LogP contribution is -2.41. The summed E-state index contributed by atoms with van der Waals surface area (Å²) in [7, 11) is 3.67. The monoisotopic (exact) mass is 651 g/mol. The van der Waals surface area contributed by atoms with Gasteiger partial charge < -0.3 is 42.3 Å². The first-order valence-electron chi connectivity index (χ1n) is 14.4. The second kappa shape index (κ2) is 30.1. The molecule has 1 aromatic rings. The number of nitrogens with zero attached hydrogens (tertiary/aromatic N) is 1. The Balaban J connectivity index is -0.000000626. The summed E-state index contributed by atoms with van der Waals surface area (Å²) in [4.78, 5) is 86.4. The van der Waals surface area contributed by atoms with E-state index >= 15 is 0 Å². The number of primary amides is 2. The van der Waals surface area contributed by atoms with E-state index in [1.165, 1.54) is 13.3 Å². The van der Waals surface area contributed by atoms with Crippen molar-refractivity contribution >= 4 is 53.9 Å². The first kappa shape index (κ1) is 45.5. The Bertz CT molecular complexity index is 1090. The molecular formula is C30H49N7O9. The number of hydrogen-bond acceptors (Lipinski definition) is 11. The van der Waals surface area contributed by atoms with Gasteiger partial charge in [-0.2, -0.15) is 0 Å². The van der Waals surface area contributed by atoms with Gasteiger partial charge in [0.1, 0.15) is 12.9 Å². The molecule has 1 aliphatic heterocycles. The van der Waals surface area contributed by atoms with Crippen molar-refractivity contribution in [2.45, 2.75) is 59.6 Å². The highest BCUT2D eigenvalue weighted by Gasteiger charge is 2.24. The Kier molecular flexibility index (Phi) is 29.7. The average Bonchev–Trinajstić information content (AvgIpc) is 3.34. The Hall–Kier alpha value is -4.96. The lowest BCUT2D eigenvalue weighted by molar-refractivity contribution is -0.142. The summed E-state index contributed by atoms with van der Waals surface area (Å²) < 4.78 is 4.85. The Labute approximate surface area is 270 Å². The van der Waals surface area contributed by atoms with Crippen molar-refractivity contribution in [1.82, 2.24) is 20.9 Å². The van der Waals surface area contributed by atoms with Crippen LogP contribution in [-0.4, -0.2) is 92.9 Å². The molecule has 0 spiro atoms. The largest absolute Gasteiger partial charge is 0.461 e. The van der Waals surface area contributed by atoms with Gasteiger partial charge in [-0.3, -0.25) is 38.5 Å². The maximum Gasteiger partial charge on any atom is 0.302 e. The lowest BCUT2D eigenvalue weighted by Gasteiger charge is -2.15. The molecule has 1 aromatic carbocycles. The molecule has 1 heterocycles. The van der Waals surface area contributed by atoms with Gasteiger partial charge in [-0.1, -0.05) is 32.9 Å². The molecule has 2 rings (SSSR count). The number of carbonyl (C=O) groups is 8. The van der Waals surface area contributed by atoms with E-state index in [2.05, 4.69) is 33.9 Å². The first-order chi connectivity index (χ1) is 21.9. The zero-order valence-electron chi connectivity index (χ0n) is 27.4. The lowest BCUT2D eigenvalue weighted by atomic mass is 10.2. The third-order valence-electron chi connectivity index (χ3n) is 4.91. The fourth-order valence-electron chi connectivity index (χ4n) is 2.98. The minimum Gasteiger partial charge on any atom is -0.461 e. The highest BCUT2D eigenvalue weighted by Crippen LogP contribution is 2.10. The molecule has 0 fully saturated rings. The number of carbonyl (C=O) groups excluding carboxylic acids is 8. The van der Waals surface area contributed by atoms with Crippen LogP contribution in [0.1, 0.15) is 52.5 Å². The minimum absolute atomic E-state index is 0.0847. The van der Waals surface area contributed by atoms with E-state index in [1.807, 2.05) is 20.9 Å². The van der Waals surface area contributed by atoms with E-state index in [4.69, 9.17) is 15.3 Å². The van der Waals surface area contributed by atoms with Crippen molar-refractivity contribution in [2.75, 3.05) is 39.0 Å². The van der Waals surface area contributed by atoms with Gasteiger partial charge in [0, 0.05) is 37.7 Å². The standard InChI is InChI=1S/C12H16N2O3.C11H13N3O5.C4H11N.C2H6.CH3NO/c1-9(15)17-8-10-3-5-11(6-4-10)14-12(16)7-13-2;12-8(16)5-7(6-15)13-9(17)3-4-14-10(18)1-2-11(14)19;1-3-4-5-2;1-2;2-1-3/h3-6,13H,7-8H2,1-2H3,(H,14,16);1-2,6-7H,3-5H2,(H2,12,16)(H,13,17);5H,3-4H2,1-2H3;1-2H3;1H,(H2,2,3). The SMILES string of the molecule is CC.CCCNC.CNCC(=O)Nc1ccc(COC(C)=O)cc1.NC(=O)CC(C=O)NC(=O)CCN1C(=O)C=CC1=O.NC=O. The van der Waals surface area contributed by atoms with Crippen molar-refractivity contribution in [3.63, 3.8) is 0 Å². The van der Waals surface area contributed by atoms with Crippen molar-refractivity contribution in [3.8, 4) is 0 Å². The number of nitrogens with one attached hydrogen (secondary N) is 4. The van der Waals surface area contributed by atoms with Crippen molar-refractivity contribution in [2.24, 2.45) is 11.5 Å². The molecule has 16 nitrogen and oxygen atoms in total. The Morgan fingerprint density at radius 2 is 1.50 bits per heavy atom. The highest BCUT2D eigenvalue weighted by atomic mass is 16.5. The molecule has 1 unspecified atom stereocenters. The molecule has 0 radical (unpaired) electrons. The number of amides is 6. The molecule has 0 bridgehead atoms. The van der Waals surface area contributed by atoms with Crippen LogP contribution >= 0.6 is 0 Å². The van der Waals surface area contributed by atoms with Crippen molar-refractivity contribution < 1.29 is 43.1 Å². The molecule has 1 aliphatic rings. The van der Waals surface area contributed by atoms with E-state index in [-0.39, 0.29) is 50.8 Å². The number of hydrogen-bond donors (Lipinski definition) is 6. The Morgan fingerprint density at radius 1 is 0.957 bits per heavy atom. The second-order valence-corrected chi connectivity index (χ2v) is 8.69. The van der Waals surface area contributed by atoms with Gasteiger partial charge in [0.2, 0.25) is 24.1 Å². The summed E-state index contributed by atoms with van der Waals surface area (Å²) in [5.41, 5.74) is 10.7. The number of ether oxygens (including phenoxy) is 1. The molecule has 16 heteroatoms. The normalized spacial score (nSPS) is 11.3. The van der Waals surface area contributed by atoms with E-state index in [0.29, 0.717) is 6.29 Å². The van der Waals surface area contributed by atoms with E-state index in [9.17, 15) is 33.6 Å². The summed E-state index contributed by atoms with van der Waals surface area (Å²) >= 11 is 0. The van der Waals surface area contributed by atoms with E-state index in [0.717, 1.165) is 34.8 Å². The van der Waals surface area contributed by atoms with Crippen LogP contribution in [0.5, 0.6) is 0 Å². The van der Waals surface area contributed by atoms with Gasteiger partial charge >= 0.3 is 5.97 Å². The molecule has 0 aromatic heterocycles. The first-order valence-corrected chi connectivity index (χ1v) is 14.4. The molecule has 0 saturated heterocycles. The van der Waals surface area contributed by atoms with E-state index in [1.54, 1.807) is 31.3 Å². The number of benzene rings is 1. The quantitative estimate of drug-likeness (QED) is 0.0851. The number of imide groups is 1. The predicted octanol–water partition coefficient (Wildman–Crippen LogP) is -0.488. The fourth-order valence-corrected chi connectivity index (χ4v) is 2.98. The highest BCUT2D eigenvalue weighted by molar-refractivity contribution is 6.13. The topological polar surface area (TPSA) is 249 Å². The van der Waals surface area contributed by atoms with Crippen LogP contribution in [0.2, 0.25) is 0 Å². The summed E-state index contributed by atoms with van der Waals surface area (Å²) in [6.45, 7) is 9.09. The third kappa shape index (κ3) is 25.5. The number of nitrogens with two attached hydrogens (primary N) is 2. The summed E-state index contributed by atoms with van der Waals surface area (Å²) in [6, 6.07) is 6.15. The number of likely N-dealkylation sites (N-methyl/N-ethyl adjacent to an activating group) is 1. The van der Waals surface area contributed by atoms with Gasteiger partial charge in [0.15, 0.2) is 0 Å². The van der Waals surface area contributed by atoms with E-state index < -0.39 is 29.7 Å². The molecule has 46 heavy (non-hydrogen) atoms. The third-order valence-corrected chi connectivity index (χ3v) is 4.91. The maximum absolute atomic E-state index is 11.5. The van der Waals surface area contributed by atoms with Gasteiger partial charge in [-0.05, 0) is 44.8 Å². The number of esters is 1. The minimum atomic E-state index is -0.992. The zero-order chi connectivity index (χ0) is 35.9. The molecule has 0 aliphatic carbocycles. The van der Waals surface area contributed by atoms with Crippen LogP contribution < -0.4 is 32.7 Å². The van der Waals surface area contributed by atoms with Crippen LogP contribution in [0.25, 0.3) is 0 Å². The smallest absolute Gasteiger partial charge is 0.302 e. The van der Waals surface area contributed by atoms with Crippen LogP contribution in [-0.2, 0) is 49.7 Å². The van der Waals surface area contributed by atoms with Crippen LogP contribution in [0.3, 0.4) is 0 Å². The molecule has 258 valence electrons. The van der Waals surface area contributed by atoms with Crippen LogP contribution in [0.15, 0.2) is 36.4 Å². The second-order valence-electron chi connectivity index (χ2n) is 8.69. The molecule has 1 atom stereocenters. The van der Waals surface area contributed by atoms with Gasteiger partial charge in [0.25, 0.3) is 11.8 Å². The van der Waals surface area contributed by atoms with Crippen LogP contribution in [0.4, 0.5) is 5.69 Å². The predicted molar refractivity (Wildman–Crippen MR) is 173 cm³/mol. The number of anilines is 1. The molecule has 6 amide bonds. The molecule has 0 saturated carbocycles. The number of rotatable bonds is 14. The summed E-state index contributed by atoms with van der Waals surface area (Å²) in [5.74, 6) is -2.64. The number of aldehydes is 1. The molecule has 8 N–H and O–H groups in total. The van der Waals surface area contributed by atoms with Crippen LogP contribution in [0, 0.1) is 0 Å². The van der Waals surface area contributed by atoms with Gasteiger partial charge in [-0.25, -0.2) is 0 Å². The van der Waals surface area contributed by atoms with Crippen molar-refractivity contribution in [1.29, 1.82) is 0 Å². The average molecular weight is 652 g/mol. The van der Waals surface area contributed by atoms with Gasteiger partial charge in [-0.15, -0.1) is 0 Å². The summed E-state index contributed by atoms with van der Waals surface area (Å²) in [5, 5.41) is 10.8. The Morgan fingerprint density at radius 3 is 1.89 bits per heavy atom. The van der Waals surface area contributed by atoms with Crippen molar-refractivity contribution in [3.05, 3.63) is 42.0 Å². The fraction of sp³-hybridized carbons (Fsp3) is 0.467. The molecular weight excluding hydrogens is 602 g/mol. The maximum atomic E-state index is 11.5.